The van der Waals surface area contributed by atoms with E-state index >= 15 is 0 Å². The summed E-state index contributed by atoms with van der Waals surface area (Å²) in [4.78, 5) is 12.5. The van der Waals surface area contributed by atoms with Gasteiger partial charge in [0.25, 0.3) is 0 Å². The van der Waals surface area contributed by atoms with Gasteiger partial charge in [0, 0.05) is 0 Å². The molecule has 0 bridgehead atoms. The molecule has 4 heteroatoms. The van der Waals surface area contributed by atoms with Gasteiger partial charge in [0.2, 0.25) is 0 Å². The molecule has 1 saturated heterocycles. The van der Waals surface area contributed by atoms with E-state index in [0.29, 0.717) is 17.2 Å². The number of rotatable bonds is 4. The molecule has 0 N–H and O–H groups in total. The van der Waals surface area contributed by atoms with E-state index in [0.717, 1.165) is 5.56 Å². The zero-order chi connectivity index (χ0) is 14.0. The molecule has 1 aromatic rings. The minimum Gasteiger partial charge on any atom is -0.496 e. The van der Waals surface area contributed by atoms with Crippen LogP contribution in [0.5, 0.6) is 5.75 Å². The van der Waals surface area contributed by atoms with Gasteiger partial charge in [0.05, 0.1) is 32.0 Å². The predicted octanol–water partition coefficient (Wildman–Crippen LogP) is 2.54. The van der Waals surface area contributed by atoms with Gasteiger partial charge in [0.15, 0.2) is 11.2 Å². The van der Waals surface area contributed by atoms with Gasteiger partial charge in [-0.2, -0.15) is 5.26 Å². The van der Waals surface area contributed by atoms with Crippen LogP contribution in [0.15, 0.2) is 18.2 Å². The van der Waals surface area contributed by atoms with Gasteiger partial charge in [-0.25, -0.2) is 0 Å². The molecule has 1 aliphatic rings. The maximum Gasteiger partial charge on any atom is 0.191 e. The number of ketones is 1. The fourth-order valence-electron chi connectivity index (χ4n) is 2.06. The molecule has 1 aromatic carbocycles. The SMILES string of the molecule is COc1cc(C(C)C)ccc1C(=O)C1(C#N)COC1. The number of Topliss-reactive ketones (excluding diaryl/α,β-unsaturated/α-hetero) is 1. The van der Waals surface area contributed by atoms with E-state index in [1.54, 1.807) is 6.07 Å². The summed E-state index contributed by atoms with van der Waals surface area (Å²) in [6, 6.07) is 7.59. The first kappa shape index (κ1) is 13.6. The highest BCUT2D eigenvalue weighted by Gasteiger charge is 2.47. The molecular formula is C15H17NO3. The molecule has 0 aromatic heterocycles. The summed E-state index contributed by atoms with van der Waals surface area (Å²) in [7, 11) is 1.53. The molecule has 4 nitrogen and oxygen atoms in total. The summed E-state index contributed by atoms with van der Waals surface area (Å²) in [5, 5.41) is 9.18. The molecule has 100 valence electrons. The Morgan fingerprint density at radius 1 is 1.47 bits per heavy atom. The van der Waals surface area contributed by atoms with Crippen LogP contribution < -0.4 is 4.74 Å². The van der Waals surface area contributed by atoms with Gasteiger partial charge < -0.3 is 9.47 Å². The molecule has 1 fully saturated rings. The van der Waals surface area contributed by atoms with Gasteiger partial charge in [0.1, 0.15) is 5.75 Å². The molecule has 0 radical (unpaired) electrons. The van der Waals surface area contributed by atoms with Crippen LogP contribution in [0.2, 0.25) is 0 Å². The molecule has 1 heterocycles. The molecule has 0 aliphatic carbocycles. The van der Waals surface area contributed by atoms with Crippen LogP contribution in [-0.4, -0.2) is 26.1 Å². The van der Waals surface area contributed by atoms with Crippen molar-refractivity contribution in [2.24, 2.45) is 5.41 Å². The van der Waals surface area contributed by atoms with E-state index in [1.807, 2.05) is 12.1 Å². The highest BCUT2D eigenvalue weighted by Crippen LogP contribution is 2.35. The third-order valence-electron chi connectivity index (χ3n) is 3.48. The van der Waals surface area contributed by atoms with Gasteiger partial charge in [-0.1, -0.05) is 19.9 Å². The maximum atomic E-state index is 12.5. The van der Waals surface area contributed by atoms with Crippen molar-refractivity contribution in [1.29, 1.82) is 5.26 Å². The van der Waals surface area contributed by atoms with Crippen molar-refractivity contribution < 1.29 is 14.3 Å². The molecule has 19 heavy (non-hydrogen) atoms. The van der Waals surface area contributed by atoms with Crippen LogP contribution in [0.25, 0.3) is 0 Å². The average molecular weight is 259 g/mol. The summed E-state index contributed by atoms with van der Waals surface area (Å²) in [6.07, 6.45) is 0. The van der Waals surface area contributed by atoms with Crippen molar-refractivity contribution in [3.05, 3.63) is 29.3 Å². The second-order valence-electron chi connectivity index (χ2n) is 5.13. The van der Waals surface area contributed by atoms with Crippen molar-refractivity contribution >= 4 is 5.78 Å². The first-order valence-corrected chi connectivity index (χ1v) is 6.26. The Morgan fingerprint density at radius 3 is 2.58 bits per heavy atom. The lowest BCUT2D eigenvalue weighted by Crippen LogP contribution is -2.48. The summed E-state index contributed by atoms with van der Waals surface area (Å²) in [6.45, 7) is 4.48. The molecule has 0 amide bonds. The Morgan fingerprint density at radius 2 is 2.16 bits per heavy atom. The molecule has 1 aliphatic heterocycles. The molecular weight excluding hydrogens is 242 g/mol. The number of benzene rings is 1. The van der Waals surface area contributed by atoms with E-state index < -0.39 is 5.41 Å². The molecule has 0 saturated carbocycles. The second kappa shape index (κ2) is 5.02. The Bertz CT molecular complexity index is 539. The Hall–Kier alpha value is -1.86. The standard InChI is InChI=1S/C15H17NO3/c1-10(2)11-4-5-12(13(6-11)18-3)14(17)15(7-16)8-19-9-15/h4-6,10H,8-9H2,1-3H3. The number of hydrogen-bond donors (Lipinski definition) is 0. The topological polar surface area (TPSA) is 59.3 Å². The van der Waals surface area contributed by atoms with Gasteiger partial charge in [-0.15, -0.1) is 0 Å². The van der Waals surface area contributed by atoms with Gasteiger partial charge in [-0.3, -0.25) is 4.79 Å². The van der Waals surface area contributed by atoms with E-state index in [2.05, 4.69) is 19.9 Å². The lowest BCUT2D eigenvalue weighted by molar-refractivity contribution is -0.0567. The molecule has 0 atom stereocenters. The Balaban J connectivity index is 2.40. The smallest absolute Gasteiger partial charge is 0.191 e. The summed E-state index contributed by atoms with van der Waals surface area (Å²) in [5.41, 5.74) is 0.521. The Labute approximate surface area is 112 Å². The van der Waals surface area contributed by atoms with Gasteiger partial charge >= 0.3 is 0 Å². The summed E-state index contributed by atoms with van der Waals surface area (Å²) >= 11 is 0. The summed E-state index contributed by atoms with van der Waals surface area (Å²) < 4.78 is 10.3. The van der Waals surface area contributed by atoms with Gasteiger partial charge in [-0.05, 0) is 23.6 Å². The molecule has 0 unspecified atom stereocenters. The van der Waals surface area contributed by atoms with E-state index in [-0.39, 0.29) is 19.0 Å². The molecule has 0 spiro atoms. The third-order valence-corrected chi connectivity index (χ3v) is 3.48. The number of carbonyl (C=O) groups is 1. The predicted molar refractivity (Wildman–Crippen MR) is 70.3 cm³/mol. The van der Waals surface area contributed by atoms with E-state index in [9.17, 15) is 10.1 Å². The van der Waals surface area contributed by atoms with Crippen LogP contribution >= 0.6 is 0 Å². The van der Waals surface area contributed by atoms with Crippen molar-refractivity contribution in [3.8, 4) is 11.8 Å². The number of nitriles is 1. The highest BCUT2D eigenvalue weighted by atomic mass is 16.5. The fraction of sp³-hybridized carbons (Fsp3) is 0.467. The van der Waals surface area contributed by atoms with Crippen LogP contribution in [0.4, 0.5) is 0 Å². The van der Waals surface area contributed by atoms with E-state index in [1.165, 1.54) is 7.11 Å². The largest absolute Gasteiger partial charge is 0.496 e. The summed E-state index contributed by atoms with van der Waals surface area (Å²) in [5.74, 6) is 0.668. The monoisotopic (exact) mass is 259 g/mol. The van der Waals surface area contributed by atoms with Crippen LogP contribution in [-0.2, 0) is 4.74 Å². The zero-order valence-electron chi connectivity index (χ0n) is 11.4. The first-order chi connectivity index (χ1) is 9.04. The first-order valence-electron chi connectivity index (χ1n) is 6.26. The number of hydrogen-bond acceptors (Lipinski definition) is 4. The lowest BCUT2D eigenvalue weighted by atomic mass is 9.79. The number of carbonyl (C=O) groups excluding carboxylic acids is 1. The van der Waals surface area contributed by atoms with Crippen LogP contribution in [0.1, 0.15) is 35.7 Å². The van der Waals surface area contributed by atoms with Crippen molar-refractivity contribution in [2.75, 3.05) is 20.3 Å². The minimum atomic E-state index is -1.04. The Kier molecular flexibility index (Phi) is 3.59. The normalized spacial score (nSPS) is 16.6. The van der Waals surface area contributed by atoms with Crippen LogP contribution in [0.3, 0.4) is 0 Å². The average Bonchev–Trinajstić information content (AvgIpc) is 2.37. The zero-order valence-corrected chi connectivity index (χ0v) is 11.4. The number of nitrogens with zero attached hydrogens (tertiary/aromatic N) is 1. The second-order valence-corrected chi connectivity index (χ2v) is 5.13. The van der Waals surface area contributed by atoms with E-state index in [4.69, 9.17) is 9.47 Å². The fourth-order valence-corrected chi connectivity index (χ4v) is 2.06. The quantitative estimate of drug-likeness (QED) is 0.780. The maximum absolute atomic E-state index is 12.5. The number of ether oxygens (including phenoxy) is 2. The minimum absolute atomic E-state index is 0.164. The molecule has 2 rings (SSSR count). The highest BCUT2D eigenvalue weighted by molar-refractivity contribution is 6.05. The number of methoxy groups -OCH3 is 1. The van der Waals surface area contributed by atoms with Crippen molar-refractivity contribution in [3.63, 3.8) is 0 Å². The van der Waals surface area contributed by atoms with Crippen molar-refractivity contribution in [2.45, 2.75) is 19.8 Å². The van der Waals surface area contributed by atoms with Crippen LogP contribution in [0, 0.1) is 16.7 Å². The third kappa shape index (κ3) is 2.22. The van der Waals surface area contributed by atoms with Crippen molar-refractivity contribution in [1.82, 2.24) is 0 Å². The lowest BCUT2D eigenvalue weighted by Gasteiger charge is -2.33.